The van der Waals surface area contributed by atoms with Crippen LogP contribution in [0.4, 0.5) is 31.8 Å². The van der Waals surface area contributed by atoms with E-state index in [4.69, 9.17) is 11.6 Å². The molecule has 0 radical (unpaired) electrons. The number of aromatic nitrogens is 6. The van der Waals surface area contributed by atoms with Gasteiger partial charge in [0.15, 0.2) is 17.8 Å². The number of fused-ring (bicyclic) bond motifs is 2. The molecule has 0 saturated heterocycles. The number of aromatic amines is 1. The van der Waals surface area contributed by atoms with Gasteiger partial charge in [0.2, 0.25) is 5.28 Å². The molecule has 4 aromatic rings. The maximum Gasteiger partial charge on any atom is 0.280 e. The van der Waals surface area contributed by atoms with Crippen LogP contribution >= 0.6 is 11.6 Å². The van der Waals surface area contributed by atoms with E-state index in [0.717, 1.165) is 6.07 Å². The van der Waals surface area contributed by atoms with Crippen LogP contribution in [0, 0.1) is 11.6 Å². The Morgan fingerprint density at radius 3 is 2.82 bits per heavy atom. The van der Waals surface area contributed by atoms with Crippen LogP contribution in [0.2, 0.25) is 5.28 Å². The van der Waals surface area contributed by atoms with Gasteiger partial charge in [-0.2, -0.15) is 10.1 Å². The summed E-state index contributed by atoms with van der Waals surface area (Å²) in [6.07, 6.45) is 4.52. The highest BCUT2D eigenvalue weighted by Gasteiger charge is 2.42. The van der Waals surface area contributed by atoms with Gasteiger partial charge in [0.25, 0.3) is 11.1 Å². The highest BCUT2D eigenvalue weighted by atomic mass is 35.5. The third-order valence-electron chi connectivity index (χ3n) is 6.35. The molecule has 0 aliphatic carbocycles. The number of H-pyrrole nitrogens is 1. The van der Waals surface area contributed by atoms with Gasteiger partial charge in [-0.1, -0.05) is 13.0 Å². The zero-order valence-electron chi connectivity index (χ0n) is 20.0. The van der Waals surface area contributed by atoms with E-state index in [1.165, 1.54) is 27.7 Å². The summed E-state index contributed by atoms with van der Waals surface area (Å²) in [5.41, 5.74) is 0.677. The Balaban J connectivity index is 1.42. The van der Waals surface area contributed by atoms with Crippen molar-refractivity contribution in [1.82, 2.24) is 29.3 Å². The third-order valence-corrected chi connectivity index (χ3v) is 6.64. The van der Waals surface area contributed by atoms with Crippen molar-refractivity contribution in [2.45, 2.75) is 32.6 Å². The standard InChI is InChI=1S/C23H21ClF2N10O2/c1-2-5-34-22(38)17-20(32-23(34)24)36(35-11-29-16-19(35)27-10-28-21(16)37)18(31-17)13-7-30-33(9-13)8-12-3-4-14(25)6-15(12)26/h3-4,6-7,9-10,18,29,31H,2,5,8,11H2,1H3,(H,27,28,37). The SMILES string of the molecule is CCCn1c(Cl)nc2c(c1=O)NC(c1cnn(Cc3ccc(F)cc3F)c1)N2N1CNc2c1nc[nH]c2=O. The van der Waals surface area contributed by atoms with Gasteiger partial charge in [-0.05, 0) is 24.1 Å². The molecule has 6 rings (SSSR count). The van der Waals surface area contributed by atoms with Crippen LogP contribution in [0.25, 0.3) is 0 Å². The number of benzene rings is 1. The molecule has 3 aromatic heterocycles. The van der Waals surface area contributed by atoms with Gasteiger partial charge in [-0.25, -0.2) is 23.8 Å². The van der Waals surface area contributed by atoms with Crippen molar-refractivity contribution in [2.24, 2.45) is 0 Å². The second-order valence-electron chi connectivity index (χ2n) is 8.80. The van der Waals surface area contributed by atoms with E-state index in [1.54, 1.807) is 22.4 Å². The number of nitrogens with zero attached hydrogens (tertiary/aromatic N) is 7. The molecule has 0 spiro atoms. The maximum absolute atomic E-state index is 14.2. The minimum atomic E-state index is -0.695. The Morgan fingerprint density at radius 1 is 1.18 bits per heavy atom. The fourth-order valence-corrected chi connectivity index (χ4v) is 4.85. The Labute approximate surface area is 218 Å². The number of halogens is 3. The lowest BCUT2D eigenvalue weighted by Crippen LogP contribution is -2.45. The molecule has 0 saturated carbocycles. The molecule has 0 bridgehead atoms. The summed E-state index contributed by atoms with van der Waals surface area (Å²) in [6, 6.07) is 3.36. The van der Waals surface area contributed by atoms with Gasteiger partial charge in [-0.3, -0.25) is 18.8 Å². The molecule has 196 valence electrons. The average Bonchev–Trinajstić information content (AvgIpc) is 3.61. The van der Waals surface area contributed by atoms with Crippen LogP contribution in [-0.2, 0) is 13.1 Å². The van der Waals surface area contributed by atoms with Crippen LogP contribution in [-0.4, -0.2) is 36.0 Å². The van der Waals surface area contributed by atoms with E-state index in [1.807, 2.05) is 6.92 Å². The molecule has 1 unspecified atom stereocenters. The van der Waals surface area contributed by atoms with Crippen molar-refractivity contribution < 1.29 is 8.78 Å². The molecule has 5 heterocycles. The first-order valence-corrected chi connectivity index (χ1v) is 12.1. The molecule has 0 amide bonds. The minimum absolute atomic E-state index is 0.0248. The third kappa shape index (κ3) is 3.84. The van der Waals surface area contributed by atoms with Gasteiger partial charge >= 0.3 is 0 Å². The van der Waals surface area contributed by atoms with Crippen LogP contribution in [0.3, 0.4) is 0 Å². The number of hydrogen-bond donors (Lipinski definition) is 3. The van der Waals surface area contributed by atoms with E-state index in [-0.39, 0.29) is 52.4 Å². The van der Waals surface area contributed by atoms with Crippen molar-refractivity contribution in [1.29, 1.82) is 0 Å². The molecule has 2 aliphatic rings. The number of nitrogens with one attached hydrogen (secondary N) is 3. The molecule has 3 N–H and O–H groups in total. The lowest BCUT2D eigenvalue weighted by molar-refractivity contribution is 0.558. The van der Waals surface area contributed by atoms with Crippen molar-refractivity contribution in [2.75, 3.05) is 27.3 Å². The first-order valence-electron chi connectivity index (χ1n) is 11.8. The van der Waals surface area contributed by atoms with E-state index in [9.17, 15) is 18.4 Å². The van der Waals surface area contributed by atoms with Crippen molar-refractivity contribution in [3.8, 4) is 0 Å². The second kappa shape index (κ2) is 9.13. The van der Waals surface area contributed by atoms with Crippen molar-refractivity contribution >= 4 is 34.6 Å². The molecule has 12 nitrogen and oxygen atoms in total. The Hall–Kier alpha value is -4.46. The second-order valence-corrected chi connectivity index (χ2v) is 9.14. The van der Waals surface area contributed by atoms with Crippen LogP contribution in [0.5, 0.6) is 0 Å². The Bertz CT molecular complexity index is 1670. The van der Waals surface area contributed by atoms with Crippen LogP contribution in [0.1, 0.15) is 30.6 Å². The van der Waals surface area contributed by atoms with Crippen molar-refractivity contribution in [3.05, 3.63) is 85.7 Å². The monoisotopic (exact) mass is 542 g/mol. The van der Waals surface area contributed by atoms with Crippen LogP contribution < -0.4 is 31.8 Å². The van der Waals surface area contributed by atoms with Gasteiger partial charge in [0.1, 0.15) is 29.7 Å². The first-order chi connectivity index (χ1) is 18.4. The predicted octanol–water partition coefficient (Wildman–Crippen LogP) is 2.65. The smallest absolute Gasteiger partial charge is 0.280 e. The van der Waals surface area contributed by atoms with Crippen LogP contribution in [0.15, 0.2) is 46.5 Å². The summed E-state index contributed by atoms with van der Waals surface area (Å²) >= 11 is 6.42. The summed E-state index contributed by atoms with van der Waals surface area (Å²) in [6.45, 7) is 2.53. The molecule has 1 aromatic carbocycles. The molecule has 38 heavy (non-hydrogen) atoms. The summed E-state index contributed by atoms with van der Waals surface area (Å²) in [7, 11) is 0. The lowest BCUT2D eigenvalue weighted by atomic mass is 10.2. The molecular formula is C23H21ClF2N10O2. The quantitative estimate of drug-likeness (QED) is 0.315. The molecule has 0 fully saturated rings. The molecule has 1 atom stereocenters. The predicted molar refractivity (Wildman–Crippen MR) is 136 cm³/mol. The summed E-state index contributed by atoms with van der Waals surface area (Å²) in [4.78, 5) is 37.1. The summed E-state index contributed by atoms with van der Waals surface area (Å²) in [5, 5.41) is 14.0. The minimum Gasteiger partial charge on any atom is -0.359 e. The highest BCUT2D eigenvalue weighted by molar-refractivity contribution is 6.28. The molecular weight excluding hydrogens is 522 g/mol. The number of anilines is 4. The largest absolute Gasteiger partial charge is 0.359 e. The Kier molecular flexibility index (Phi) is 5.75. The fraction of sp³-hybridized carbons (Fsp3) is 0.261. The highest BCUT2D eigenvalue weighted by Crippen LogP contribution is 2.42. The average molecular weight is 543 g/mol. The molecule has 15 heteroatoms. The fourth-order valence-electron chi connectivity index (χ4n) is 4.61. The van der Waals surface area contributed by atoms with Gasteiger partial charge in [-0.15, -0.1) is 0 Å². The van der Waals surface area contributed by atoms with Gasteiger partial charge in [0.05, 0.1) is 19.1 Å². The topological polar surface area (TPSA) is 129 Å². The Morgan fingerprint density at radius 2 is 2.03 bits per heavy atom. The number of rotatable bonds is 6. The first kappa shape index (κ1) is 23.9. The van der Waals surface area contributed by atoms with Gasteiger partial charge < -0.3 is 15.6 Å². The zero-order chi connectivity index (χ0) is 26.6. The van der Waals surface area contributed by atoms with E-state index in [0.29, 0.717) is 24.3 Å². The normalized spacial score (nSPS) is 15.8. The molecule has 2 aliphatic heterocycles. The van der Waals surface area contributed by atoms with E-state index >= 15 is 0 Å². The number of hydrogen-bond acceptors (Lipinski definition) is 9. The van der Waals surface area contributed by atoms with E-state index in [2.05, 4.69) is 30.7 Å². The van der Waals surface area contributed by atoms with Crippen molar-refractivity contribution in [3.63, 3.8) is 0 Å². The lowest BCUT2D eigenvalue weighted by Gasteiger charge is -2.33. The summed E-state index contributed by atoms with van der Waals surface area (Å²) in [5.74, 6) is -0.750. The van der Waals surface area contributed by atoms with Gasteiger partial charge in [0, 0.05) is 29.9 Å². The summed E-state index contributed by atoms with van der Waals surface area (Å²) < 4.78 is 30.5. The van der Waals surface area contributed by atoms with E-state index < -0.39 is 17.8 Å². The number of hydrazine groups is 1. The maximum atomic E-state index is 14.2. The zero-order valence-corrected chi connectivity index (χ0v) is 20.7.